The van der Waals surface area contributed by atoms with E-state index in [0.29, 0.717) is 22.3 Å². The van der Waals surface area contributed by atoms with Crippen LogP contribution in [0.4, 0.5) is 11.4 Å². The highest BCUT2D eigenvalue weighted by Gasteiger charge is 2.35. The van der Waals surface area contributed by atoms with Crippen molar-refractivity contribution in [3.05, 3.63) is 57.6 Å². The minimum Gasteiger partial charge on any atom is -0.324 e. The second-order valence-electron chi connectivity index (χ2n) is 6.29. The first-order chi connectivity index (χ1) is 11.9. The van der Waals surface area contributed by atoms with Crippen LogP contribution in [0.1, 0.15) is 17.5 Å². The predicted octanol–water partition coefficient (Wildman–Crippen LogP) is 4.60. The Bertz CT molecular complexity index is 851. The van der Waals surface area contributed by atoms with E-state index in [-0.39, 0.29) is 18.2 Å². The molecule has 2 aromatic carbocycles. The summed E-state index contributed by atoms with van der Waals surface area (Å²) in [6.07, 6.45) is 0.178. The molecule has 0 spiro atoms. The Morgan fingerprint density at radius 2 is 1.96 bits per heavy atom. The van der Waals surface area contributed by atoms with Crippen molar-refractivity contribution in [2.45, 2.75) is 20.3 Å². The summed E-state index contributed by atoms with van der Waals surface area (Å²) in [5.41, 5.74) is 3.41. The molecule has 4 nitrogen and oxygen atoms in total. The molecule has 0 bridgehead atoms. The second kappa shape index (κ2) is 7.06. The van der Waals surface area contributed by atoms with Gasteiger partial charge < -0.3 is 10.2 Å². The van der Waals surface area contributed by atoms with E-state index in [1.807, 2.05) is 32.0 Å². The molecular formula is C19H18Cl2N2O2. The van der Waals surface area contributed by atoms with Crippen LogP contribution in [0.25, 0.3) is 0 Å². The molecule has 130 valence electrons. The van der Waals surface area contributed by atoms with Gasteiger partial charge >= 0.3 is 0 Å². The van der Waals surface area contributed by atoms with Crippen LogP contribution in [0, 0.1) is 19.8 Å². The zero-order chi connectivity index (χ0) is 18.1. The summed E-state index contributed by atoms with van der Waals surface area (Å²) < 4.78 is 0. The number of hydrogen-bond donors (Lipinski definition) is 1. The SMILES string of the molecule is Cc1ccc(C)c(N2C[C@H](C(=O)Nc3cccc(Cl)c3Cl)CC2=O)c1. The first-order valence-corrected chi connectivity index (χ1v) is 8.75. The largest absolute Gasteiger partial charge is 0.324 e. The number of hydrogen-bond acceptors (Lipinski definition) is 2. The predicted molar refractivity (Wildman–Crippen MR) is 101 cm³/mol. The Labute approximate surface area is 156 Å². The van der Waals surface area contributed by atoms with E-state index < -0.39 is 5.92 Å². The molecule has 3 rings (SSSR count). The highest BCUT2D eigenvalue weighted by atomic mass is 35.5. The average molecular weight is 377 g/mol. The Morgan fingerprint density at radius 3 is 2.72 bits per heavy atom. The molecular weight excluding hydrogens is 359 g/mol. The van der Waals surface area contributed by atoms with Crippen molar-refractivity contribution < 1.29 is 9.59 Å². The van der Waals surface area contributed by atoms with E-state index in [2.05, 4.69) is 5.32 Å². The fourth-order valence-corrected chi connectivity index (χ4v) is 3.31. The van der Waals surface area contributed by atoms with Crippen molar-refractivity contribution in [3.63, 3.8) is 0 Å². The molecule has 1 atom stereocenters. The molecule has 0 radical (unpaired) electrons. The first kappa shape index (κ1) is 17.8. The highest BCUT2D eigenvalue weighted by molar-refractivity contribution is 6.44. The van der Waals surface area contributed by atoms with Crippen LogP contribution in [-0.4, -0.2) is 18.4 Å². The molecule has 2 amide bonds. The van der Waals surface area contributed by atoms with E-state index in [4.69, 9.17) is 23.2 Å². The molecule has 0 aromatic heterocycles. The summed E-state index contributed by atoms with van der Waals surface area (Å²) in [5, 5.41) is 3.45. The van der Waals surface area contributed by atoms with E-state index in [0.717, 1.165) is 16.8 Å². The van der Waals surface area contributed by atoms with E-state index in [9.17, 15) is 9.59 Å². The van der Waals surface area contributed by atoms with Gasteiger partial charge in [0.05, 0.1) is 21.7 Å². The molecule has 6 heteroatoms. The van der Waals surface area contributed by atoms with Gasteiger partial charge in [-0.15, -0.1) is 0 Å². The lowest BCUT2D eigenvalue weighted by molar-refractivity contribution is -0.122. The van der Waals surface area contributed by atoms with Gasteiger partial charge in [0.25, 0.3) is 0 Å². The number of aryl methyl sites for hydroxylation is 2. The molecule has 0 unspecified atom stereocenters. The number of amides is 2. The zero-order valence-electron chi connectivity index (χ0n) is 14.0. The fourth-order valence-electron chi connectivity index (χ4n) is 2.96. The molecule has 0 aliphatic carbocycles. The smallest absolute Gasteiger partial charge is 0.229 e. The Balaban J connectivity index is 1.77. The Hall–Kier alpha value is -2.04. The molecule has 2 aromatic rings. The number of carbonyl (C=O) groups excluding carboxylic acids is 2. The summed E-state index contributed by atoms with van der Waals surface area (Å²) >= 11 is 12.1. The van der Waals surface area contributed by atoms with Gasteiger partial charge in [-0.25, -0.2) is 0 Å². The van der Waals surface area contributed by atoms with E-state index in [1.54, 1.807) is 23.1 Å². The second-order valence-corrected chi connectivity index (χ2v) is 7.07. The minimum absolute atomic E-state index is 0.0500. The molecule has 1 saturated heterocycles. The summed E-state index contributed by atoms with van der Waals surface area (Å²) in [7, 11) is 0. The van der Waals surface area contributed by atoms with E-state index >= 15 is 0 Å². The third kappa shape index (κ3) is 3.65. The van der Waals surface area contributed by atoms with Gasteiger partial charge in [-0.3, -0.25) is 9.59 Å². The fraction of sp³-hybridized carbons (Fsp3) is 0.263. The van der Waals surface area contributed by atoms with Gasteiger partial charge in [0.1, 0.15) is 0 Å². The van der Waals surface area contributed by atoms with Crippen molar-refractivity contribution in [3.8, 4) is 0 Å². The number of nitrogens with zero attached hydrogens (tertiary/aromatic N) is 1. The number of nitrogens with one attached hydrogen (secondary N) is 1. The maximum absolute atomic E-state index is 12.6. The Kier molecular flexibility index (Phi) is 5.02. The van der Waals surface area contributed by atoms with Gasteiger partial charge in [-0.1, -0.05) is 41.4 Å². The van der Waals surface area contributed by atoms with Crippen LogP contribution in [0.2, 0.25) is 10.0 Å². The molecule has 1 aliphatic rings. The Morgan fingerprint density at radius 1 is 1.20 bits per heavy atom. The lowest BCUT2D eigenvalue weighted by atomic mass is 10.1. The maximum atomic E-state index is 12.6. The zero-order valence-corrected chi connectivity index (χ0v) is 15.5. The van der Waals surface area contributed by atoms with Crippen molar-refractivity contribution >= 4 is 46.4 Å². The molecule has 1 heterocycles. The van der Waals surface area contributed by atoms with Crippen molar-refractivity contribution in [2.24, 2.45) is 5.92 Å². The van der Waals surface area contributed by atoms with Crippen LogP contribution >= 0.6 is 23.2 Å². The first-order valence-electron chi connectivity index (χ1n) is 7.99. The van der Waals surface area contributed by atoms with Crippen molar-refractivity contribution in [1.29, 1.82) is 0 Å². The summed E-state index contributed by atoms with van der Waals surface area (Å²) in [4.78, 5) is 26.7. The van der Waals surface area contributed by atoms with Crippen molar-refractivity contribution in [2.75, 3.05) is 16.8 Å². The third-order valence-electron chi connectivity index (χ3n) is 4.36. The molecule has 0 saturated carbocycles. The quantitative estimate of drug-likeness (QED) is 0.850. The molecule has 1 N–H and O–H groups in total. The van der Waals surface area contributed by atoms with Crippen LogP contribution < -0.4 is 10.2 Å². The summed E-state index contributed by atoms with van der Waals surface area (Å²) in [6.45, 7) is 4.29. The van der Waals surface area contributed by atoms with Crippen LogP contribution in [-0.2, 0) is 9.59 Å². The molecule has 1 aliphatic heterocycles. The number of anilines is 2. The highest BCUT2D eigenvalue weighted by Crippen LogP contribution is 2.32. The number of rotatable bonds is 3. The minimum atomic E-state index is -0.428. The normalized spacial score (nSPS) is 17.0. The number of benzene rings is 2. The molecule has 25 heavy (non-hydrogen) atoms. The van der Waals surface area contributed by atoms with Gasteiger partial charge in [0.15, 0.2) is 0 Å². The van der Waals surface area contributed by atoms with Gasteiger partial charge in [-0.2, -0.15) is 0 Å². The van der Waals surface area contributed by atoms with E-state index in [1.165, 1.54) is 0 Å². The summed E-state index contributed by atoms with van der Waals surface area (Å²) in [6, 6.07) is 11.0. The van der Waals surface area contributed by atoms with Crippen LogP contribution in [0.5, 0.6) is 0 Å². The van der Waals surface area contributed by atoms with Gasteiger partial charge in [0, 0.05) is 18.7 Å². The lowest BCUT2D eigenvalue weighted by Gasteiger charge is -2.20. The topological polar surface area (TPSA) is 49.4 Å². The maximum Gasteiger partial charge on any atom is 0.229 e. The standard InChI is InChI=1S/C19H18Cl2N2O2/c1-11-6-7-12(2)16(8-11)23-10-13(9-17(23)24)19(25)22-15-5-3-4-14(20)18(15)21/h3-8,13H,9-10H2,1-2H3,(H,22,25)/t13-/m1/s1. The average Bonchev–Trinajstić information content (AvgIpc) is 2.96. The summed E-state index contributed by atoms with van der Waals surface area (Å²) in [5.74, 6) is -0.709. The van der Waals surface area contributed by atoms with Gasteiger partial charge in [-0.05, 0) is 43.2 Å². The lowest BCUT2D eigenvalue weighted by Crippen LogP contribution is -2.28. The van der Waals surface area contributed by atoms with Crippen LogP contribution in [0.15, 0.2) is 36.4 Å². The third-order valence-corrected chi connectivity index (χ3v) is 5.18. The number of halogens is 2. The van der Waals surface area contributed by atoms with Crippen molar-refractivity contribution in [1.82, 2.24) is 0 Å². The monoisotopic (exact) mass is 376 g/mol. The number of carbonyl (C=O) groups is 2. The van der Waals surface area contributed by atoms with Gasteiger partial charge in [0.2, 0.25) is 11.8 Å². The molecule has 1 fully saturated rings. The van der Waals surface area contributed by atoms with Crippen LogP contribution in [0.3, 0.4) is 0 Å².